The van der Waals surface area contributed by atoms with Crippen molar-refractivity contribution in [3.63, 3.8) is 0 Å². The third-order valence-corrected chi connectivity index (χ3v) is 5.39. The number of fused-ring (bicyclic) bond motifs is 1. The number of carbonyl (C=O) groups is 1. The number of amides is 1. The van der Waals surface area contributed by atoms with E-state index in [1.165, 1.54) is 0 Å². The monoisotopic (exact) mass is 342 g/mol. The molecule has 0 aromatic carbocycles. The van der Waals surface area contributed by atoms with E-state index in [0.717, 1.165) is 40.8 Å². The zero-order chi connectivity index (χ0) is 18.5. The number of nitrogens with zero attached hydrogens (tertiary/aromatic N) is 4. The smallest absolute Gasteiger partial charge is 0.255 e. The summed E-state index contributed by atoms with van der Waals surface area (Å²) in [5.41, 5.74) is 3.39. The molecule has 2 aromatic rings. The van der Waals surface area contributed by atoms with E-state index in [-0.39, 0.29) is 17.9 Å². The fraction of sp³-hybridized carbons (Fsp3) is 0.650. The van der Waals surface area contributed by atoms with Gasteiger partial charge < -0.3 is 4.90 Å². The molecule has 0 aliphatic heterocycles. The summed E-state index contributed by atoms with van der Waals surface area (Å²) < 4.78 is 1.79. The van der Waals surface area contributed by atoms with Crippen LogP contribution in [0.1, 0.15) is 75.1 Å². The first-order valence-electron chi connectivity index (χ1n) is 9.39. The van der Waals surface area contributed by atoms with E-state index in [4.69, 9.17) is 4.98 Å². The van der Waals surface area contributed by atoms with Gasteiger partial charge in [0.2, 0.25) is 0 Å². The van der Waals surface area contributed by atoms with Gasteiger partial charge in [0.1, 0.15) is 0 Å². The molecule has 2 heterocycles. The van der Waals surface area contributed by atoms with E-state index < -0.39 is 0 Å². The van der Waals surface area contributed by atoms with Gasteiger partial charge in [0.15, 0.2) is 5.65 Å². The lowest BCUT2D eigenvalue weighted by atomic mass is 10.00. The molecule has 5 heteroatoms. The van der Waals surface area contributed by atoms with Crippen molar-refractivity contribution in [2.24, 2.45) is 13.0 Å². The van der Waals surface area contributed by atoms with Crippen LogP contribution >= 0.6 is 0 Å². The number of aryl methyl sites for hydroxylation is 2. The highest BCUT2D eigenvalue weighted by Crippen LogP contribution is 2.34. The van der Waals surface area contributed by atoms with Gasteiger partial charge in [0.05, 0.1) is 16.6 Å². The molecular formula is C20H30N4O. The fourth-order valence-corrected chi connectivity index (χ4v) is 3.42. The van der Waals surface area contributed by atoms with Gasteiger partial charge >= 0.3 is 0 Å². The predicted octanol–water partition coefficient (Wildman–Crippen LogP) is 4.05. The van der Waals surface area contributed by atoms with E-state index in [0.29, 0.717) is 12.0 Å². The molecule has 0 saturated heterocycles. The average Bonchev–Trinajstić information content (AvgIpc) is 3.33. The lowest BCUT2D eigenvalue weighted by Crippen LogP contribution is -2.43. The summed E-state index contributed by atoms with van der Waals surface area (Å²) in [6, 6.07) is 2.60. The van der Waals surface area contributed by atoms with Crippen LogP contribution in [0.4, 0.5) is 0 Å². The minimum Gasteiger partial charge on any atom is -0.333 e. The minimum atomic E-state index is 0.133. The van der Waals surface area contributed by atoms with Crippen LogP contribution in [-0.2, 0) is 7.05 Å². The summed E-state index contributed by atoms with van der Waals surface area (Å²) in [6.45, 7) is 12.7. The Labute approximate surface area is 150 Å². The maximum atomic E-state index is 13.6. The molecule has 1 amide bonds. The van der Waals surface area contributed by atoms with Crippen molar-refractivity contribution in [1.82, 2.24) is 19.7 Å². The maximum Gasteiger partial charge on any atom is 0.255 e. The molecule has 1 saturated carbocycles. The zero-order valence-corrected chi connectivity index (χ0v) is 16.5. The molecule has 0 bridgehead atoms. The van der Waals surface area contributed by atoms with Gasteiger partial charge in [-0.15, -0.1) is 0 Å². The highest BCUT2D eigenvalue weighted by Gasteiger charge is 2.38. The Morgan fingerprint density at radius 2 is 1.88 bits per heavy atom. The van der Waals surface area contributed by atoms with Crippen molar-refractivity contribution < 1.29 is 4.79 Å². The number of rotatable bonds is 5. The van der Waals surface area contributed by atoms with Crippen molar-refractivity contribution >= 4 is 16.9 Å². The summed E-state index contributed by atoms with van der Waals surface area (Å²) in [5, 5.41) is 5.42. The van der Waals surface area contributed by atoms with Crippen molar-refractivity contribution in [3.05, 3.63) is 23.0 Å². The molecule has 2 aromatic heterocycles. The minimum absolute atomic E-state index is 0.133. The molecule has 3 rings (SSSR count). The Balaban J connectivity index is 2.17. The third-order valence-electron chi connectivity index (χ3n) is 5.39. The van der Waals surface area contributed by atoms with Gasteiger partial charge in [-0.05, 0) is 44.6 Å². The molecule has 0 unspecified atom stereocenters. The van der Waals surface area contributed by atoms with Crippen LogP contribution in [0.3, 0.4) is 0 Å². The Bertz CT molecular complexity index is 802. The predicted molar refractivity (Wildman–Crippen MR) is 101 cm³/mol. The average molecular weight is 342 g/mol. The quantitative estimate of drug-likeness (QED) is 0.824. The summed E-state index contributed by atoms with van der Waals surface area (Å²) in [6.07, 6.45) is 2.22. The zero-order valence-electron chi connectivity index (χ0n) is 16.5. The van der Waals surface area contributed by atoms with E-state index in [9.17, 15) is 4.79 Å². The van der Waals surface area contributed by atoms with Gasteiger partial charge in [0.25, 0.3) is 5.91 Å². The summed E-state index contributed by atoms with van der Waals surface area (Å²) in [7, 11) is 1.90. The second kappa shape index (κ2) is 6.43. The fourth-order valence-electron chi connectivity index (χ4n) is 3.42. The van der Waals surface area contributed by atoms with Gasteiger partial charge in [-0.25, -0.2) is 4.98 Å². The van der Waals surface area contributed by atoms with Crippen LogP contribution in [0, 0.1) is 12.8 Å². The van der Waals surface area contributed by atoms with Crippen molar-refractivity contribution in [2.75, 3.05) is 0 Å². The SMILES string of the molecule is Cc1nn(C)c2nc(C(C)C)cc(C(=O)N(C3CC3)[C@H](C)C(C)C)c12. The van der Waals surface area contributed by atoms with Gasteiger partial charge in [-0.3, -0.25) is 9.48 Å². The number of aromatic nitrogens is 3. The van der Waals surface area contributed by atoms with Gasteiger partial charge in [-0.1, -0.05) is 27.7 Å². The molecule has 1 aliphatic rings. The Hall–Kier alpha value is -1.91. The van der Waals surface area contributed by atoms with Crippen LogP contribution in [-0.4, -0.2) is 37.7 Å². The Morgan fingerprint density at radius 1 is 1.24 bits per heavy atom. The highest BCUT2D eigenvalue weighted by atomic mass is 16.2. The molecule has 1 atom stereocenters. The molecule has 1 fully saturated rings. The molecule has 0 spiro atoms. The maximum absolute atomic E-state index is 13.6. The molecule has 136 valence electrons. The summed E-state index contributed by atoms with van der Waals surface area (Å²) in [5.74, 6) is 0.832. The number of carbonyl (C=O) groups excluding carboxylic acids is 1. The van der Waals surface area contributed by atoms with Gasteiger partial charge in [-0.2, -0.15) is 5.10 Å². The van der Waals surface area contributed by atoms with E-state index in [1.54, 1.807) is 4.68 Å². The largest absolute Gasteiger partial charge is 0.333 e. The molecule has 1 aliphatic carbocycles. The molecule has 25 heavy (non-hydrogen) atoms. The van der Waals surface area contributed by atoms with Crippen molar-refractivity contribution in [2.45, 2.75) is 72.4 Å². The standard InChI is InChI=1S/C20H30N4O/c1-11(2)14(6)24(15-8-9-15)20(25)16-10-17(12(3)4)21-19-18(16)13(5)22-23(19)7/h10-12,14-15H,8-9H2,1-7H3/t14-/m1/s1. The first-order valence-corrected chi connectivity index (χ1v) is 9.39. The number of hydrogen-bond donors (Lipinski definition) is 0. The molecule has 0 radical (unpaired) electrons. The molecule has 0 N–H and O–H groups in total. The molecular weight excluding hydrogens is 312 g/mol. The lowest BCUT2D eigenvalue weighted by Gasteiger charge is -2.32. The van der Waals surface area contributed by atoms with Crippen LogP contribution in [0.5, 0.6) is 0 Å². The molecule has 5 nitrogen and oxygen atoms in total. The van der Waals surface area contributed by atoms with Crippen LogP contribution in [0.25, 0.3) is 11.0 Å². The second-order valence-electron chi connectivity index (χ2n) is 8.09. The van der Waals surface area contributed by atoms with Crippen molar-refractivity contribution in [3.8, 4) is 0 Å². The van der Waals surface area contributed by atoms with E-state index in [1.807, 2.05) is 20.0 Å². The van der Waals surface area contributed by atoms with Crippen molar-refractivity contribution in [1.29, 1.82) is 0 Å². The second-order valence-corrected chi connectivity index (χ2v) is 8.09. The summed E-state index contributed by atoms with van der Waals surface area (Å²) >= 11 is 0. The van der Waals surface area contributed by atoms with Crippen LogP contribution in [0.2, 0.25) is 0 Å². The Morgan fingerprint density at radius 3 is 2.40 bits per heavy atom. The third kappa shape index (κ3) is 3.16. The topological polar surface area (TPSA) is 51.0 Å². The van der Waals surface area contributed by atoms with Crippen LogP contribution in [0.15, 0.2) is 6.07 Å². The van der Waals surface area contributed by atoms with E-state index >= 15 is 0 Å². The first kappa shape index (κ1) is 17.9. The number of hydrogen-bond acceptors (Lipinski definition) is 3. The number of pyridine rings is 1. The first-order chi connectivity index (χ1) is 11.7. The Kier molecular flexibility index (Phi) is 4.60. The highest BCUT2D eigenvalue weighted by molar-refractivity contribution is 6.07. The lowest BCUT2D eigenvalue weighted by molar-refractivity contribution is 0.0629. The van der Waals surface area contributed by atoms with Crippen LogP contribution < -0.4 is 0 Å². The van der Waals surface area contributed by atoms with E-state index in [2.05, 4.69) is 44.6 Å². The van der Waals surface area contributed by atoms with Gasteiger partial charge in [0, 0.05) is 24.8 Å². The normalized spacial score (nSPS) is 16.0. The summed E-state index contributed by atoms with van der Waals surface area (Å²) in [4.78, 5) is 20.5.